The van der Waals surface area contributed by atoms with Gasteiger partial charge in [-0.1, -0.05) is 12.2 Å². The number of aliphatic hydroxyl groups is 3. The molecule has 0 spiro atoms. The van der Waals surface area contributed by atoms with Crippen LogP contribution in [-0.2, 0) is 4.74 Å². The number of nitrogens with one attached hydrogen (secondary N) is 1. The highest BCUT2D eigenvalue weighted by Gasteiger charge is 2.43. The van der Waals surface area contributed by atoms with Gasteiger partial charge in [0.2, 0.25) is 0 Å². The van der Waals surface area contributed by atoms with E-state index in [-0.39, 0.29) is 5.56 Å². The van der Waals surface area contributed by atoms with Crippen LogP contribution < -0.4 is 11.3 Å². The maximum absolute atomic E-state index is 11.8. The Morgan fingerprint density at radius 2 is 2.15 bits per heavy atom. The summed E-state index contributed by atoms with van der Waals surface area (Å²) < 4.78 is 5.34. The van der Waals surface area contributed by atoms with Gasteiger partial charge in [-0.2, -0.15) is 0 Å². The summed E-state index contributed by atoms with van der Waals surface area (Å²) in [5.74, 6) is 0. The van der Waals surface area contributed by atoms with E-state index in [9.17, 15) is 15.0 Å². The Morgan fingerprint density at radius 3 is 2.75 bits per heavy atom. The first-order valence-corrected chi connectivity index (χ1v) is 6.30. The second-order valence-corrected chi connectivity index (χ2v) is 4.61. The third-order valence-electron chi connectivity index (χ3n) is 3.25. The van der Waals surface area contributed by atoms with Crippen LogP contribution in [0.5, 0.6) is 0 Å². The van der Waals surface area contributed by atoms with E-state index in [0.717, 1.165) is 0 Å². The van der Waals surface area contributed by atoms with Crippen LogP contribution in [0.15, 0.2) is 23.1 Å². The minimum absolute atomic E-state index is 0.201. The van der Waals surface area contributed by atoms with E-state index in [2.05, 4.69) is 4.98 Å². The smallest absolute Gasteiger partial charge is 0.253 e. The largest absolute Gasteiger partial charge is 0.394 e. The molecule has 0 bridgehead atoms. The van der Waals surface area contributed by atoms with Crippen molar-refractivity contribution in [3.8, 4) is 0 Å². The van der Waals surface area contributed by atoms with Crippen molar-refractivity contribution in [1.29, 1.82) is 0 Å². The second-order valence-electron chi connectivity index (χ2n) is 4.61. The topological polar surface area (TPSA) is 129 Å². The fourth-order valence-corrected chi connectivity index (χ4v) is 2.19. The summed E-state index contributed by atoms with van der Waals surface area (Å²) in [6.07, 6.45) is 0.582. The van der Waals surface area contributed by atoms with Crippen molar-refractivity contribution < 1.29 is 20.1 Å². The van der Waals surface area contributed by atoms with Gasteiger partial charge in [0.25, 0.3) is 5.56 Å². The van der Waals surface area contributed by atoms with Crippen LogP contribution in [0.1, 0.15) is 17.2 Å². The molecular weight excluding hydrogens is 264 g/mol. The van der Waals surface area contributed by atoms with Gasteiger partial charge < -0.3 is 30.8 Å². The van der Waals surface area contributed by atoms with Crippen molar-refractivity contribution in [3.05, 3.63) is 39.8 Å². The number of ether oxygens (including phenoxy) is 1. The van der Waals surface area contributed by atoms with Crippen molar-refractivity contribution in [3.63, 3.8) is 0 Å². The molecule has 6 N–H and O–H groups in total. The van der Waals surface area contributed by atoms with Gasteiger partial charge in [0.1, 0.15) is 24.4 Å². The first kappa shape index (κ1) is 14.9. The standard InChI is InChI=1S/C13H18N2O5/c14-3-1-2-7-4-8(13(19)15-5-7)12-11(18)10(17)9(6-16)20-12/h1-2,4-5,9-12,16-18H,3,6,14H2,(H,15,19)/t9-,10-,11-,12+/m1/s1. The predicted octanol–water partition coefficient (Wildman–Crippen LogP) is -1.50. The molecule has 1 aromatic rings. The van der Waals surface area contributed by atoms with Gasteiger partial charge in [0.15, 0.2) is 0 Å². The van der Waals surface area contributed by atoms with Crippen LogP contribution in [0.4, 0.5) is 0 Å². The molecule has 0 radical (unpaired) electrons. The summed E-state index contributed by atoms with van der Waals surface area (Å²) in [6.45, 7) is -0.0677. The Hall–Kier alpha value is -1.51. The van der Waals surface area contributed by atoms with Crippen molar-refractivity contribution >= 4 is 6.08 Å². The lowest BCUT2D eigenvalue weighted by atomic mass is 10.0. The molecule has 0 saturated carbocycles. The van der Waals surface area contributed by atoms with E-state index in [4.69, 9.17) is 15.6 Å². The number of pyridine rings is 1. The zero-order valence-electron chi connectivity index (χ0n) is 10.8. The van der Waals surface area contributed by atoms with Gasteiger partial charge in [0, 0.05) is 18.3 Å². The number of aromatic amines is 1. The van der Waals surface area contributed by atoms with Crippen LogP contribution in [-0.4, -0.2) is 51.8 Å². The van der Waals surface area contributed by atoms with Crippen molar-refractivity contribution in [2.45, 2.75) is 24.4 Å². The van der Waals surface area contributed by atoms with E-state index >= 15 is 0 Å². The summed E-state index contributed by atoms with van der Waals surface area (Å²) in [6, 6.07) is 1.56. The highest BCUT2D eigenvalue weighted by molar-refractivity contribution is 5.49. The molecular formula is C13H18N2O5. The van der Waals surface area contributed by atoms with Gasteiger partial charge in [-0.15, -0.1) is 0 Å². The summed E-state index contributed by atoms with van der Waals surface area (Å²) in [4.78, 5) is 14.4. The normalized spacial score (nSPS) is 30.2. The molecule has 1 fully saturated rings. The summed E-state index contributed by atoms with van der Waals surface area (Å²) in [5, 5.41) is 28.7. The van der Waals surface area contributed by atoms with Crippen LogP contribution >= 0.6 is 0 Å². The zero-order chi connectivity index (χ0) is 14.7. The average molecular weight is 282 g/mol. The first-order chi connectivity index (χ1) is 9.58. The molecule has 4 atom stereocenters. The first-order valence-electron chi connectivity index (χ1n) is 6.30. The fourth-order valence-electron chi connectivity index (χ4n) is 2.19. The molecule has 2 heterocycles. The van der Waals surface area contributed by atoms with Gasteiger partial charge in [-0.3, -0.25) is 4.79 Å². The minimum atomic E-state index is -1.26. The van der Waals surface area contributed by atoms with Gasteiger partial charge in [-0.05, 0) is 11.6 Å². The number of H-pyrrole nitrogens is 1. The Kier molecular flexibility index (Phi) is 4.69. The maximum Gasteiger partial charge on any atom is 0.253 e. The zero-order valence-corrected chi connectivity index (χ0v) is 10.8. The Balaban J connectivity index is 2.32. The molecule has 7 heteroatoms. The SMILES string of the molecule is NCC=Cc1c[nH]c(=O)c([C@@H]2O[C@H](CO)[C@@H](O)[C@H]2O)c1. The quantitative estimate of drug-likeness (QED) is 0.457. The maximum atomic E-state index is 11.8. The molecule has 7 nitrogen and oxygen atoms in total. The van der Waals surface area contributed by atoms with Crippen LogP contribution in [0.2, 0.25) is 0 Å². The lowest BCUT2D eigenvalue weighted by Gasteiger charge is -2.14. The monoisotopic (exact) mass is 282 g/mol. The molecule has 1 aliphatic heterocycles. The van der Waals surface area contributed by atoms with Crippen LogP contribution in [0.3, 0.4) is 0 Å². The van der Waals surface area contributed by atoms with Crippen LogP contribution in [0, 0.1) is 0 Å². The number of hydrogen-bond donors (Lipinski definition) is 5. The number of rotatable bonds is 4. The van der Waals surface area contributed by atoms with E-state index in [1.807, 2.05) is 0 Å². The van der Waals surface area contributed by atoms with Gasteiger partial charge in [-0.25, -0.2) is 0 Å². The van der Waals surface area contributed by atoms with E-state index < -0.39 is 36.6 Å². The van der Waals surface area contributed by atoms with E-state index in [1.165, 1.54) is 6.20 Å². The molecule has 20 heavy (non-hydrogen) atoms. The number of nitrogens with two attached hydrogens (primary N) is 1. The highest BCUT2D eigenvalue weighted by atomic mass is 16.6. The molecule has 0 aliphatic carbocycles. The average Bonchev–Trinajstić information content (AvgIpc) is 2.74. The van der Waals surface area contributed by atoms with E-state index in [0.29, 0.717) is 12.1 Å². The molecule has 0 amide bonds. The molecule has 0 unspecified atom stereocenters. The lowest BCUT2D eigenvalue weighted by molar-refractivity contribution is -0.0231. The predicted molar refractivity (Wildman–Crippen MR) is 71.9 cm³/mol. The highest BCUT2D eigenvalue weighted by Crippen LogP contribution is 2.32. The lowest BCUT2D eigenvalue weighted by Crippen LogP contribution is -2.33. The van der Waals surface area contributed by atoms with Gasteiger partial charge in [0.05, 0.1) is 6.61 Å². The van der Waals surface area contributed by atoms with Crippen molar-refractivity contribution in [2.24, 2.45) is 5.73 Å². The minimum Gasteiger partial charge on any atom is -0.394 e. The molecule has 110 valence electrons. The Labute approximate surface area is 115 Å². The molecule has 1 aromatic heterocycles. The second kappa shape index (κ2) is 6.29. The molecule has 2 rings (SSSR count). The summed E-state index contributed by atoms with van der Waals surface area (Å²) in [5.41, 5.74) is 5.84. The molecule has 0 aromatic carbocycles. The van der Waals surface area contributed by atoms with Crippen LogP contribution in [0.25, 0.3) is 6.08 Å². The summed E-state index contributed by atoms with van der Waals surface area (Å²) in [7, 11) is 0. The third-order valence-corrected chi connectivity index (χ3v) is 3.25. The fraction of sp³-hybridized carbons (Fsp3) is 0.462. The number of hydrogen-bond acceptors (Lipinski definition) is 6. The Bertz CT molecular complexity index is 542. The van der Waals surface area contributed by atoms with E-state index in [1.54, 1.807) is 18.2 Å². The third kappa shape index (κ3) is 2.82. The number of aliphatic hydroxyl groups excluding tert-OH is 3. The number of aromatic nitrogens is 1. The van der Waals surface area contributed by atoms with Crippen molar-refractivity contribution in [2.75, 3.05) is 13.2 Å². The Morgan fingerprint density at radius 1 is 1.40 bits per heavy atom. The molecule has 1 saturated heterocycles. The van der Waals surface area contributed by atoms with Crippen molar-refractivity contribution in [1.82, 2.24) is 4.98 Å². The van der Waals surface area contributed by atoms with Gasteiger partial charge >= 0.3 is 0 Å². The molecule has 1 aliphatic rings. The summed E-state index contributed by atoms with van der Waals surface area (Å²) >= 11 is 0.